The predicted molar refractivity (Wildman–Crippen MR) is 118 cm³/mol. The average Bonchev–Trinajstić information content (AvgIpc) is 3.10. The van der Waals surface area contributed by atoms with Gasteiger partial charge in [-0.15, -0.1) is 0 Å². The van der Waals surface area contributed by atoms with Crippen LogP contribution in [0.4, 0.5) is 5.69 Å². The van der Waals surface area contributed by atoms with E-state index in [9.17, 15) is 18.0 Å². The Hall–Kier alpha value is -3.21. The van der Waals surface area contributed by atoms with Gasteiger partial charge >= 0.3 is 5.97 Å². The van der Waals surface area contributed by atoms with Crippen molar-refractivity contribution in [3.8, 4) is 0 Å². The molecule has 3 rings (SSSR count). The fourth-order valence-corrected chi connectivity index (χ4v) is 4.47. The molecule has 0 saturated heterocycles. The first-order valence-corrected chi connectivity index (χ1v) is 11.3. The molecule has 0 unspecified atom stereocenters. The summed E-state index contributed by atoms with van der Waals surface area (Å²) in [6.45, 7) is 0.0881. The van der Waals surface area contributed by atoms with E-state index in [1.165, 1.54) is 47.6 Å². The number of aliphatic hydroxyl groups is 1. The Morgan fingerprint density at radius 2 is 1.81 bits per heavy atom. The number of esters is 1. The molecule has 0 fully saturated rings. The number of anilines is 1. The Bertz CT molecular complexity index is 1110. The number of carbonyl (C=O) groups is 2. The van der Waals surface area contributed by atoms with Crippen LogP contribution < -0.4 is 5.32 Å². The molecule has 0 aliphatic carbocycles. The molecule has 0 saturated carbocycles. The average molecular weight is 460 g/mol. The van der Waals surface area contributed by atoms with Gasteiger partial charge in [0.25, 0.3) is 5.91 Å². The zero-order chi connectivity index (χ0) is 23.3. The maximum Gasteiger partial charge on any atom is 0.337 e. The highest BCUT2D eigenvalue weighted by Crippen LogP contribution is 2.24. The Morgan fingerprint density at radius 3 is 2.41 bits per heavy atom. The minimum absolute atomic E-state index is 0.0190. The summed E-state index contributed by atoms with van der Waals surface area (Å²) in [4.78, 5) is 26.1. The van der Waals surface area contributed by atoms with Crippen LogP contribution in [-0.4, -0.2) is 68.5 Å². The summed E-state index contributed by atoms with van der Waals surface area (Å²) < 4.78 is 31.8. The zero-order valence-corrected chi connectivity index (χ0v) is 18.6. The van der Waals surface area contributed by atoms with E-state index in [0.29, 0.717) is 5.69 Å². The highest BCUT2D eigenvalue weighted by Gasteiger charge is 2.34. The second-order valence-corrected chi connectivity index (χ2v) is 9.24. The van der Waals surface area contributed by atoms with Crippen molar-refractivity contribution in [1.82, 2.24) is 9.21 Å². The van der Waals surface area contributed by atoms with E-state index >= 15 is 0 Å². The summed E-state index contributed by atoms with van der Waals surface area (Å²) >= 11 is 0. The van der Waals surface area contributed by atoms with Crippen LogP contribution in [0.25, 0.3) is 0 Å². The Labute approximate surface area is 187 Å². The van der Waals surface area contributed by atoms with Crippen molar-refractivity contribution in [3.63, 3.8) is 0 Å². The summed E-state index contributed by atoms with van der Waals surface area (Å²) in [7, 11) is -0.991. The lowest BCUT2D eigenvalue weighted by Crippen LogP contribution is -2.31. The van der Waals surface area contributed by atoms with Gasteiger partial charge in [0.05, 0.1) is 30.7 Å². The number of β-amino-alcohol motifs (C(OH)–C–C–N with tert-alkyl or cyclic N) is 1. The number of nitrogens with zero attached hydrogens (tertiary/aromatic N) is 2. The summed E-state index contributed by atoms with van der Waals surface area (Å²) in [5, 5.41) is 12.0. The monoisotopic (exact) mass is 459 g/mol. The van der Waals surface area contributed by atoms with Crippen molar-refractivity contribution >= 4 is 27.6 Å². The van der Waals surface area contributed by atoms with E-state index < -0.39 is 21.9 Å². The third-order valence-corrected chi connectivity index (χ3v) is 6.85. The van der Waals surface area contributed by atoms with Gasteiger partial charge in [0.1, 0.15) is 5.70 Å². The standard InChI is InChI=1S/C22H25N3O6S/c1-24(14-16-6-4-3-5-7-16)32(29,30)18-10-8-17(9-11-18)23-20-19(22(28)31-2)15-25(12-13-26)21(20)27/h3-11,23,26H,12-15H2,1-2H3. The van der Waals surface area contributed by atoms with Gasteiger partial charge in [-0.05, 0) is 29.8 Å². The largest absolute Gasteiger partial charge is 0.466 e. The number of ether oxygens (including phenoxy) is 1. The number of hydrogen-bond acceptors (Lipinski definition) is 7. The van der Waals surface area contributed by atoms with Gasteiger partial charge in [-0.2, -0.15) is 4.31 Å². The van der Waals surface area contributed by atoms with Crippen LogP contribution in [0.15, 0.2) is 70.8 Å². The lowest BCUT2D eigenvalue weighted by molar-refractivity contribution is -0.136. The molecule has 32 heavy (non-hydrogen) atoms. The molecule has 0 atom stereocenters. The summed E-state index contributed by atoms with van der Waals surface area (Å²) in [5.74, 6) is -1.10. The van der Waals surface area contributed by atoms with Crippen molar-refractivity contribution in [3.05, 3.63) is 71.4 Å². The third kappa shape index (κ3) is 4.98. The maximum atomic E-state index is 12.9. The fraction of sp³-hybridized carbons (Fsp3) is 0.273. The molecule has 1 aliphatic rings. The molecule has 170 valence electrons. The Kier molecular flexibility index (Phi) is 7.29. The molecule has 9 nitrogen and oxygen atoms in total. The van der Waals surface area contributed by atoms with Gasteiger partial charge in [-0.1, -0.05) is 30.3 Å². The molecule has 1 heterocycles. The van der Waals surface area contributed by atoms with Gasteiger partial charge in [-0.25, -0.2) is 13.2 Å². The van der Waals surface area contributed by atoms with Gasteiger partial charge in [-0.3, -0.25) is 4.79 Å². The van der Waals surface area contributed by atoms with Gasteiger partial charge < -0.3 is 20.1 Å². The molecule has 0 spiro atoms. The number of amides is 1. The minimum atomic E-state index is -3.72. The van der Waals surface area contributed by atoms with E-state index in [2.05, 4.69) is 5.32 Å². The van der Waals surface area contributed by atoms with Gasteiger partial charge in [0.15, 0.2) is 0 Å². The first kappa shape index (κ1) is 23.5. The molecule has 2 aromatic carbocycles. The molecule has 0 radical (unpaired) electrons. The van der Waals surface area contributed by atoms with Crippen LogP contribution in [0.2, 0.25) is 0 Å². The van der Waals surface area contributed by atoms with E-state index in [0.717, 1.165) is 5.56 Å². The van der Waals surface area contributed by atoms with Crippen molar-refractivity contribution in [1.29, 1.82) is 0 Å². The van der Waals surface area contributed by atoms with Crippen LogP contribution in [0, 0.1) is 0 Å². The number of sulfonamides is 1. The smallest absolute Gasteiger partial charge is 0.337 e. The lowest BCUT2D eigenvalue weighted by Gasteiger charge is -2.18. The lowest BCUT2D eigenvalue weighted by atomic mass is 10.2. The number of carbonyl (C=O) groups excluding carboxylic acids is 2. The molecule has 2 N–H and O–H groups in total. The van der Waals surface area contributed by atoms with E-state index in [1.54, 1.807) is 0 Å². The molecule has 2 aromatic rings. The number of hydrogen-bond donors (Lipinski definition) is 2. The molecule has 1 amide bonds. The third-order valence-electron chi connectivity index (χ3n) is 5.03. The van der Waals surface area contributed by atoms with Crippen molar-refractivity contribution < 1.29 is 27.9 Å². The van der Waals surface area contributed by atoms with Crippen molar-refractivity contribution in [2.24, 2.45) is 0 Å². The maximum absolute atomic E-state index is 12.9. The van der Waals surface area contributed by atoms with Crippen molar-refractivity contribution in [2.75, 3.05) is 39.2 Å². The first-order valence-electron chi connectivity index (χ1n) is 9.87. The second kappa shape index (κ2) is 9.94. The van der Waals surface area contributed by atoms with Gasteiger partial charge in [0, 0.05) is 25.8 Å². The van der Waals surface area contributed by atoms with Gasteiger partial charge in [0.2, 0.25) is 10.0 Å². The molecule has 10 heteroatoms. The number of methoxy groups -OCH3 is 1. The number of rotatable bonds is 9. The fourth-order valence-electron chi connectivity index (χ4n) is 3.31. The molecular weight excluding hydrogens is 434 g/mol. The quantitative estimate of drug-likeness (QED) is 0.541. The van der Waals surface area contributed by atoms with Crippen LogP contribution >= 0.6 is 0 Å². The summed E-state index contributed by atoms with van der Waals surface area (Å²) in [6, 6.07) is 15.2. The van der Waals surface area contributed by atoms with Crippen LogP contribution in [-0.2, 0) is 30.9 Å². The normalized spacial score (nSPS) is 14.2. The van der Waals surface area contributed by atoms with E-state index in [1.807, 2.05) is 30.3 Å². The minimum Gasteiger partial charge on any atom is -0.466 e. The van der Waals surface area contributed by atoms with E-state index in [4.69, 9.17) is 9.84 Å². The number of aliphatic hydroxyl groups excluding tert-OH is 1. The summed E-state index contributed by atoms with van der Waals surface area (Å²) in [6.07, 6.45) is 0. The van der Waals surface area contributed by atoms with Crippen LogP contribution in [0.5, 0.6) is 0 Å². The SMILES string of the molecule is COC(=O)C1=C(Nc2ccc(S(=O)(=O)N(C)Cc3ccccc3)cc2)C(=O)N(CCO)C1. The molecule has 0 aromatic heterocycles. The molecule has 1 aliphatic heterocycles. The molecule has 0 bridgehead atoms. The number of nitrogens with one attached hydrogen (secondary N) is 1. The topological polar surface area (TPSA) is 116 Å². The predicted octanol–water partition coefficient (Wildman–Crippen LogP) is 1.18. The molecular formula is C22H25N3O6S. The number of benzene rings is 2. The second-order valence-electron chi connectivity index (χ2n) is 7.19. The highest BCUT2D eigenvalue weighted by molar-refractivity contribution is 7.89. The highest BCUT2D eigenvalue weighted by atomic mass is 32.2. The Balaban J connectivity index is 1.78. The Morgan fingerprint density at radius 1 is 1.16 bits per heavy atom. The first-order chi connectivity index (χ1) is 15.3. The van der Waals surface area contributed by atoms with Crippen LogP contribution in [0.1, 0.15) is 5.56 Å². The van der Waals surface area contributed by atoms with Crippen molar-refractivity contribution in [2.45, 2.75) is 11.4 Å². The summed E-state index contributed by atoms with van der Waals surface area (Å²) in [5.41, 5.74) is 1.49. The van der Waals surface area contributed by atoms with Crippen LogP contribution in [0.3, 0.4) is 0 Å². The zero-order valence-electron chi connectivity index (χ0n) is 17.8. The van der Waals surface area contributed by atoms with E-state index in [-0.39, 0.29) is 42.4 Å².